The first-order valence-electron chi connectivity index (χ1n) is 26.7. The van der Waals surface area contributed by atoms with Crippen molar-refractivity contribution in [3.05, 3.63) is 0 Å². The van der Waals surface area contributed by atoms with E-state index in [4.69, 9.17) is 4.74 Å². The number of carbonyl (C=O) groups excluding carboxylic acids is 2. The lowest BCUT2D eigenvalue weighted by atomic mass is 9.92. The maximum Gasteiger partial charge on any atom is 0.316 e. The average molecular weight is 803 g/mol. The maximum atomic E-state index is 13.4. The molecule has 0 radical (unpaired) electrons. The standard InChI is InChI=1S/C54H106O3/c1-5-7-9-11-13-15-17-19-21-25-29-33-37-41-45-49-53(55)52(48-44-40-36-32-28-24-20-18-16-14-12-10-8-6-2)54(56)57-50-46-42-38-34-30-26-22-23-27-31-35-39-43-47-51(3)4/h51-52H,5-50H2,1-4H3. The molecule has 0 amide bonds. The van der Waals surface area contributed by atoms with E-state index in [0.29, 0.717) is 19.4 Å². The Morgan fingerprint density at radius 1 is 0.333 bits per heavy atom. The summed E-state index contributed by atoms with van der Waals surface area (Å²) in [5.74, 6) is 0.245. The second-order valence-electron chi connectivity index (χ2n) is 19.0. The molecule has 3 nitrogen and oxygen atoms in total. The van der Waals surface area contributed by atoms with Gasteiger partial charge in [-0.25, -0.2) is 0 Å². The lowest BCUT2D eigenvalue weighted by molar-refractivity contribution is -0.152. The highest BCUT2D eigenvalue weighted by molar-refractivity contribution is 5.98. The van der Waals surface area contributed by atoms with Gasteiger partial charge in [-0.3, -0.25) is 9.59 Å². The summed E-state index contributed by atoms with van der Waals surface area (Å²) in [6.45, 7) is 9.73. The molecule has 0 saturated heterocycles. The van der Waals surface area contributed by atoms with E-state index in [2.05, 4.69) is 27.7 Å². The Labute approximate surface area is 360 Å². The quantitative estimate of drug-likeness (QED) is 0.0350. The van der Waals surface area contributed by atoms with Gasteiger partial charge in [-0.1, -0.05) is 291 Å². The van der Waals surface area contributed by atoms with Crippen LogP contribution in [0.15, 0.2) is 0 Å². The SMILES string of the molecule is CCCCCCCCCCCCCCCCCC(=O)C(CCCCCCCCCCCCCCCC)C(=O)OCCCCCCCCCCCCCCCC(C)C. The van der Waals surface area contributed by atoms with Gasteiger partial charge in [-0.05, 0) is 25.2 Å². The van der Waals surface area contributed by atoms with Crippen molar-refractivity contribution in [3.63, 3.8) is 0 Å². The lowest BCUT2D eigenvalue weighted by Crippen LogP contribution is -2.26. The van der Waals surface area contributed by atoms with Gasteiger partial charge in [0.1, 0.15) is 11.7 Å². The fourth-order valence-corrected chi connectivity index (χ4v) is 8.67. The van der Waals surface area contributed by atoms with Crippen LogP contribution >= 0.6 is 0 Å². The minimum atomic E-state index is -0.533. The maximum absolute atomic E-state index is 13.4. The van der Waals surface area contributed by atoms with Crippen LogP contribution in [0.4, 0.5) is 0 Å². The summed E-state index contributed by atoms with van der Waals surface area (Å²) in [4.78, 5) is 26.6. The van der Waals surface area contributed by atoms with E-state index in [1.165, 1.54) is 238 Å². The molecule has 0 rings (SSSR count). The molecule has 0 fully saturated rings. The predicted molar refractivity (Wildman–Crippen MR) is 253 cm³/mol. The summed E-state index contributed by atoms with van der Waals surface area (Å²) >= 11 is 0. The highest BCUT2D eigenvalue weighted by Crippen LogP contribution is 2.21. The molecule has 0 aromatic rings. The van der Waals surface area contributed by atoms with E-state index in [9.17, 15) is 9.59 Å². The minimum absolute atomic E-state index is 0.149. The number of ether oxygens (including phenoxy) is 1. The molecule has 0 aromatic carbocycles. The van der Waals surface area contributed by atoms with Crippen LogP contribution in [0.3, 0.4) is 0 Å². The molecule has 0 heterocycles. The first-order chi connectivity index (χ1) is 28.0. The summed E-state index contributed by atoms with van der Waals surface area (Å²) in [6.07, 6.45) is 58.2. The monoisotopic (exact) mass is 803 g/mol. The van der Waals surface area contributed by atoms with E-state index in [-0.39, 0.29) is 11.8 Å². The Balaban J connectivity index is 4.20. The molecular formula is C54H106O3. The van der Waals surface area contributed by atoms with Gasteiger partial charge in [0.2, 0.25) is 0 Å². The number of hydrogen-bond donors (Lipinski definition) is 0. The summed E-state index contributed by atoms with van der Waals surface area (Å²) in [7, 11) is 0. The summed E-state index contributed by atoms with van der Waals surface area (Å²) in [5.41, 5.74) is 0. The largest absolute Gasteiger partial charge is 0.465 e. The Kier molecular flexibility index (Phi) is 47.1. The van der Waals surface area contributed by atoms with Crippen LogP contribution in [0.2, 0.25) is 0 Å². The van der Waals surface area contributed by atoms with Crippen molar-refractivity contribution in [2.45, 2.75) is 317 Å². The van der Waals surface area contributed by atoms with Crippen LogP contribution in [0, 0.1) is 11.8 Å². The molecule has 57 heavy (non-hydrogen) atoms. The number of hydrogen-bond acceptors (Lipinski definition) is 3. The number of Topliss-reactive ketones (excluding diaryl/α,β-unsaturated/α-hetero) is 1. The van der Waals surface area contributed by atoms with Crippen molar-refractivity contribution in [3.8, 4) is 0 Å². The highest BCUT2D eigenvalue weighted by Gasteiger charge is 2.27. The Hall–Kier alpha value is -0.860. The van der Waals surface area contributed by atoms with Gasteiger partial charge in [-0.15, -0.1) is 0 Å². The van der Waals surface area contributed by atoms with Gasteiger partial charge in [0.05, 0.1) is 6.61 Å². The van der Waals surface area contributed by atoms with Gasteiger partial charge in [0, 0.05) is 6.42 Å². The Morgan fingerprint density at radius 3 is 0.912 bits per heavy atom. The molecule has 3 heteroatoms. The third-order valence-electron chi connectivity index (χ3n) is 12.7. The minimum Gasteiger partial charge on any atom is -0.465 e. The van der Waals surface area contributed by atoms with Gasteiger partial charge in [-0.2, -0.15) is 0 Å². The fourth-order valence-electron chi connectivity index (χ4n) is 8.67. The van der Waals surface area contributed by atoms with Gasteiger partial charge in [0.25, 0.3) is 0 Å². The Bertz CT molecular complexity index is 790. The van der Waals surface area contributed by atoms with Crippen molar-refractivity contribution in [2.75, 3.05) is 6.61 Å². The van der Waals surface area contributed by atoms with E-state index < -0.39 is 5.92 Å². The zero-order valence-corrected chi connectivity index (χ0v) is 39.9. The third kappa shape index (κ3) is 44.5. The van der Waals surface area contributed by atoms with Crippen LogP contribution < -0.4 is 0 Å². The number of rotatable bonds is 49. The molecule has 0 spiro atoms. The van der Waals surface area contributed by atoms with Gasteiger partial charge in [0.15, 0.2) is 0 Å². The second kappa shape index (κ2) is 47.8. The average Bonchev–Trinajstić information content (AvgIpc) is 3.20. The fraction of sp³-hybridized carbons (Fsp3) is 0.963. The molecule has 0 aliphatic carbocycles. The van der Waals surface area contributed by atoms with E-state index in [1.54, 1.807) is 0 Å². The van der Waals surface area contributed by atoms with Crippen LogP contribution in [0.1, 0.15) is 317 Å². The first-order valence-corrected chi connectivity index (χ1v) is 26.7. The van der Waals surface area contributed by atoms with Crippen molar-refractivity contribution in [2.24, 2.45) is 11.8 Å². The van der Waals surface area contributed by atoms with Gasteiger partial charge >= 0.3 is 5.97 Å². The zero-order valence-electron chi connectivity index (χ0n) is 39.9. The van der Waals surface area contributed by atoms with E-state index in [1.807, 2.05) is 0 Å². The molecule has 0 aliphatic rings. The third-order valence-corrected chi connectivity index (χ3v) is 12.7. The summed E-state index contributed by atoms with van der Waals surface area (Å²) in [6, 6.07) is 0. The molecule has 0 bridgehead atoms. The Morgan fingerprint density at radius 2 is 0.596 bits per heavy atom. The van der Waals surface area contributed by atoms with Crippen molar-refractivity contribution >= 4 is 11.8 Å². The molecular weight excluding hydrogens is 697 g/mol. The van der Waals surface area contributed by atoms with Crippen LogP contribution in [-0.2, 0) is 14.3 Å². The second-order valence-corrected chi connectivity index (χ2v) is 19.0. The van der Waals surface area contributed by atoms with Crippen LogP contribution in [-0.4, -0.2) is 18.4 Å². The smallest absolute Gasteiger partial charge is 0.316 e. The normalized spacial score (nSPS) is 12.2. The van der Waals surface area contributed by atoms with Crippen molar-refractivity contribution in [1.29, 1.82) is 0 Å². The molecule has 0 N–H and O–H groups in total. The zero-order chi connectivity index (χ0) is 41.5. The molecule has 0 aliphatic heterocycles. The molecule has 0 aromatic heterocycles. The number of unbranched alkanes of at least 4 members (excludes halogenated alkanes) is 39. The first kappa shape index (κ1) is 56.1. The number of carbonyl (C=O) groups is 2. The van der Waals surface area contributed by atoms with Crippen molar-refractivity contribution < 1.29 is 14.3 Å². The topological polar surface area (TPSA) is 43.4 Å². The highest BCUT2D eigenvalue weighted by atomic mass is 16.5. The van der Waals surface area contributed by atoms with Crippen LogP contribution in [0.25, 0.3) is 0 Å². The van der Waals surface area contributed by atoms with Crippen LogP contribution in [0.5, 0.6) is 0 Å². The summed E-state index contributed by atoms with van der Waals surface area (Å²) < 4.78 is 5.78. The lowest BCUT2D eigenvalue weighted by Gasteiger charge is -2.15. The molecule has 0 saturated carbocycles. The van der Waals surface area contributed by atoms with E-state index >= 15 is 0 Å². The predicted octanol–water partition coefficient (Wildman–Crippen LogP) is 19.0. The number of esters is 1. The number of ketones is 1. The van der Waals surface area contributed by atoms with Crippen molar-refractivity contribution in [1.82, 2.24) is 0 Å². The van der Waals surface area contributed by atoms with E-state index in [0.717, 1.165) is 44.4 Å². The van der Waals surface area contributed by atoms with Gasteiger partial charge < -0.3 is 4.74 Å². The molecule has 340 valence electrons. The molecule has 1 unspecified atom stereocenters. The summed E-state index contributed by atoms with van der Waals surface area (Å²) in [5, 5.41) is 0. The molecule has 1 atom stereocenters.